The van der Waals surface area contributed by atoms with Gasteiger partial charge in [-0.1, -0.05) is 34.8 Å². The fourth-order valence-corrected chi connectivity index (χ4v) is 3.09. The first-order valence-corrected chi connectivity index (χ1v) is 7.38. The van der Waals surface area contributed by atoms with E-state index in [4.69, 9.17) is 0 Å². The minimum absolute atomic E-state index is 0.166. The molecule has 0 saturated heterocycles. The van der Waals surface area contributed by atoms with Gasteiger partial charge in [0, 0.05) is 5.69 Å². The van der Waals surface area contributed by atoms with Gasteiger partial charge in [-0.25, -0.2) is 0 Å². The maximum absolute atomic E-state index is 12.0. The van der Waals surface area contributed by atoms with Crippen molar-refractivity contribution in [3.8, 4) is 11.1 Å². The molecule has 102 valence electrons. The molecule has 3 aromatic rings. The second kappa shape index (κ2) is 4.79. The van der Waals surface area contributed by atoms with Crippen LogP contribution in [0.15, 0.2) is 48.7 Å². The van der Waals surface area contributed by atoms with Crippen molar-refractivity contribution in [2.45, 2.75) is 6.42 Å². The molecule has 0 bridgehead atoms. The number of amides is 1. The van der Waals surface area contributed by atoms with Crippen LogP contribution in [-0.2, 0) is 6.42 Å². The summed E-state index contributed by atoms with van der Waals surface area (Å²) in [6.45, 7) is 0. The number of hydrogen-bond acceptors (Lipinski definition) is 4. The maximum Gasteiger partial charge on any atom is 0.269 e. The zero-order chi connectivity index (χ0) is 14.2. The van der Waals surface area contributed by atoms with Gasteiger partial charge in [0.25, 0.3) is 5.91 Å². The first kappa shape index (κ1) is 12.2. The highest BCUT2D eigenvalue weighted by molar-refractivity contribution is 7.07. The van der Waals surface area contributed by atoms with Crippen molar-refractivity contribution in [3.05, 3.63) is 64.7 Å². The van der Waals surface area contributed by atoms with Crippen LogP contribution < -0.4 is 5.32 Å². The molecule has 0 saturated carbocycles. The standard InChI is InChI=1S/C16H11N3OS/c20-16(15-9-17-19-21-15)18-12-5-6-14-11(8-12)7-10-3-1-2-4-13(10)14/h1-6,8-9H,7H2,(H,18,20). The fourth-order valence-electron chi connectivity index (χ4n) is 2.68. The molecule has 0 spiro atoms. The van der Waals surface area contributed by atoms with Crippen molar-refractivity contribution < 1.29 is 4.79 Å². The summed E-state index contributed by atoms with van der Waals surface area (Å²) in [6, 6.07) is 14.5. The molecule has 1 N–H and O–H groups in total. The molecule has 21 heavy (non-hydrogen) atoms. The zero-order valence-electron chi connectivity index (χ0n) is 11.0. The van der Waals surface area contributed by atoms with Crippen LogP contribution in [0.2, 0.25) is 0 Å². The Morgan fingerprint density at radius 3 is 2.81 bits per heavy atom. The minimum atomic E-state index is -0.166. The molecule has 1 aromatic heterocycles. The Bertz CT molecular complexity index is 827. The molecule has 0 radical (unpaired) electrons. The molecule has 1 aliphatic carbocycles. The smallest absolute Gasteiger partial charge is 0.269 e. The summed E-state index contributed by atoms with van der Waals surface area (Å²) < 4.78 is 3.70. The van der Waals surface area contributed by atoms with E-state index in [0.717, 1.165) is 23.6 Å². The van der Waals surface area contributed by atoms with Crippen molar-refractivity contribution in [2.75, 3.05) is 5.32 Å². The summed E-state index contributed by atoms with van der Waals surface area (Å²) in [4.78, 5) is 12.5. The second-order valence-corrected chi connectivity index (χ2v) is 5.73. The Kier molecular flexibility index (Phi) is 2.79. The molecular weight excluding hydrogens is 282 g/mol. The van der Waals surface area contributed by atoms with Crippen LogP contribution in [0.4, 0.5) is 5.69 Å². The predicted molar refractivity (Wildman–Crippen MR) is 82.5 cm³/mol. The summed E-state index contributed by atoms with van der Waals surface area (Å²) in [7, 11) is 0. The van der Waals surface area contributed by atoms with E-state index < -0.39 is 0 Å². The lowest BCUT2D eigenvalue weighted by Crippen LogP contribution is -2.10. The van der Waals surface area contributed by atoms with Gasteiger partial charge in [0.05, 0.1) is 6.20 Å². The quantitative estimate of drug-likeness (QED) is 0.616. The number of fused-ring (bicyclic) bond motifs is 3. The van der Waals surface area contributed by atoms with E-state index >= 15 is 0 Å². The highest BCUT2D eigenvalue weighted by atomic mass is 32.1. The van der Waals surface area contributed by atoms with Crippen LogP contribution in [0.5, 0.6) is 0 Å². The van der Waals surface area contributed by atoms with E-state index in [1.54, 1.807) is 0 Å². The normalized spacial score (nSPS) is 11.8. The van der Waals surface area contributed by atoms with E-state index in [1.165, 1.54) is 28.5 Å². The van der Waals surface area contributed by atoms with Gasteiger partial charge in [-0.3, -0.25) is 4.79 Å². The highest BCUT2D eigenvalue weighted by Gasteiger charge is 2.18. The Labute approximate surface area is 125 Å². The molecule has 5 heteroatoms. The minimum Gasteiger partial charge on any atom is -0.321 e. The van der Waals surface area contributed by atoms with Crippen LogP contribution in [0, 0.1) is 0 Å². The molecule has 0 aliphatic heterocycles. The fraction of sp³-hybridized carbons (Fsp3) is 0.0625. The van der Waals surface area contributed by atoms with Gasteiger partial charge >= 0.3 is 0 Å². The summed E-state index contributed by atoms with van der Waals surface area (Å²) in [6.07, 6.45) is 2.39. The SMILES string of the molecule is O=C(Nc1ccc2c(c1)Cc1ccccc1-2)c1cnns1. The van der Waals surface area contributed by atoms with E-state index in [0.29, 0.717) is 4.88 Å². The Hall–Kier alpha value is -2.53. The summed E-state index contributed by atoms with van der Waals surface area (Å²) in [5, 5.41) is 6.57. The van der Waals surface area contributed by atoms with Gasteiger partial charge in [0.15, 0.2) is 0 Å². The molecule has 4 rings (SSSR count). The molecule has 0 unspecified atom stereocenters. The number of carbonyl (C=O) groups is 1. The van der Waals surface area contributed by atoms with Gasteiger partial charge in [-0.05, 0) is 52.3 Å². The van der Waals surface area contributed by atoms with Crippen LogP contribution in [-0.4, -0.2) is 15.5 Å². The predicted octanol–water partition coefficient (Wildman–Crippen LogP) is 3.36. The average molecular weight is 293 g/mol. The molecule has 1 amide bonds. The third-order valence-electron chi connectivity index (χ3n) is 3.64. The molecule has 2 aromatic carbocycles. The topological polar surface area (TPSA) is 54.9 Å². The number of nitrogens with one attached hydrogen (secondary N) is 1. The lowest BCUT2D eigenvalue weighted by molar-refractivity contribution is 0.103. The third-order valence-corrected chi connectivity index (χ3v) is 4.30. The van der Waals surface area contributed by atoms with E-state index in [1.807, 2.05) is 12.1 Å². The third kappa shape index (κ3) is 2.11. The van der Waals surface area contributed by atoms with E-state index in [2.05, 4.69) is 45.2 Å². The van der Waals surface area contributed by atoms with Crippen molar-refractivity contribution in [3.63, 3.8) is 0 Å². The van der Waals surface area contributed by atoms with Crippen LogP contribution >= 0.6 is 11.5 Å². The van der Waals surface area contributed by atoms with Crippen LogP contribution in [0.3, 0.4) is 0 Å². The lowest BCUT2D eigenvalue weighted by Gasteiger charge is -2.06. The van der Waals surface area contributed by atoms with Gasteiger partial charge in [-0.2, -0.15) is 0 Å². The molecule has 1 heterocycles. The average Bonchev–Trinajstić information content (AvgIpc) is 3.14. The first-order chi connectivity index (χ1) is 10.3. The Morgan fingerprint density at radius 1 is 1.10 bits per heavy atom. The van der Waals surface area contributed by atoms with Crippen LogP contribution in [0.25, 0.3) is 11.1 Å². The number of aromatic nitrogens is 2. The number of rotatable bonds is 2. The van der Waals surface area contributed by atoms with Crippen molar-refractivity contribution in [1.82, 2.24) is 9.59 Å². The number of anilines is 1. The Morgan fingerprint density at radius 2 is 1.95 bits per heavy atom. The summed E-state index contributed by atoms with van der Waals surface area (Å²) >= 11 is 1.09. The van der Waals surface area contributed by atoms with E-state index in [9.17, 15) is 4.79 Å². The molecule has 0 fully saturated rings. The second-order valence-electron chi connectivity index (χ2n) is 4.94. The van der Waals surface area contributed by atoms with E-state index in [-0.39, 0.29) is 5.91 Å². The highest BCUT2D eigenvalue weighted by Crippen LogP contribution is 2.37. The van der Waals surface area contributed by atoms with Gasteiger partial charge < -0.3 is 5.32 Å². The van der Waals surface area contributed by atoms with Crippen LogP contribution in [0.1, 0.15) is 20.8 Å². The van der Waals surface area contributed by atoms with Crippen molar-refractivity contribution in [1.29, 1.82) is 0 Å². The van der Waals surface area contributed by atoms with Gasteiger partial charge in [0.1, 0.15) is 4.88 Å². The zero-order valence-corrected chi connectivity index (χ0v) is 11.9. The molecule has 0 atom stereocenters. The first-order valence-electron chi connectivity index (χ1n) is 6.61. The number of nitrogens with zero attached hydrogens (tertiary/aromatic N) is 2. The molecule has 4 nitrogen and oxygen atoms in total. The van der Waals surface area contributed by atoms with Gasteiger partial charge in [0.2, 0.25) is 0 Å². The van der Waals surface area contributed by atoms with Crippen molar-refractivity contribution in [2.24, 2.45) is 0 Å². The largest absolute Gasteiger partial charge is 0.321 e. The number of carbonyl (C=O) groups excluding carboxylic acids is 1. The maximum atomic E-state index is 12.0. The van der Waals surface area contributed by atoms with Crippen molar-refractivity contribution >= 4 is 23.1 Å². The monoisotopic (exact) mass is 293 g/mol. The summed E-state index contributed by atoms with van der Waals surface area (Å²) in [5.41, 5.74) is 5.93. The Balaban J connectivity index is 1.63. The summed E-state index contributed by atoms with van der Waals surface area (Å²) in [5.74, 6) is -0.166. The lowest BCUT2D eigenvalue weighted by atomic mass is 10.1. The number of hydrogen-bond donors (Lipinski definition) is 1. The number of benzene rings is 2. The molecule has 1 aliphatic rings. The molecular formula is C16H11N3OS. The van der Waals surface area contributed by atoms with Gasteiger partial charge in [-0.15, -0.1) is 5.10 Å².